The molecule has 1 aliphatic heterocycles. The number of ether oxygens (including phenoxy) is 1. The van der Waals surface area contributed by atoms with Crippen LogP contribution in [0.15, 0.2) is 24.3 Å². The van der Waals surface area contributed by atoms with Gasteiger partial charge in [-0.15, -0.1) is 0 Å². The van der Waals surface area contributed by atoms with Crippen molar-refractivity contribution in [2.75, 3.05) is 38.3 Å². The molecule has 1 heterocycles. The Kier molecular flexibility index (Phi) is 5.38. The molecule has 110 valence electrons. The van der Waals surface area contributed by atoms with Crippen LogP contribution in [-0.2, 0) is 16.1 Å². The van der Waals surface area contributed by atoms with Crippen LogP contribution in [0.5, 0.6) is 0 Å². The Morgan fingerprint density at radius 1 is 1.45 bits per heavy atom. The molecule has 3 N–H and O–H groups in total. The monoisotopic (exact) mass is 277 g/mol. The number of anilines is 1. The van der Waals surface area contributed by atoms with Crippen LogP contribution in [0, 0.1) is 5.92 Å². The molecule has 0 aliphatic carbocycles. The standard InChI is InChI=1S/C15H23N3O2/c1-20-9-7-17-10-12-2-4-14(5-3-12)18-8-6-13(11-18)15(16)19/h2-5,13,17H,6-11H2,1H3,(H2,16,19). The second-order valence-corrected chi connectivity index (χ2v) is 5.17. The fourth-order valence-electron chi connectivity index (χ4n) is 2.46. The number of nitrogens with zero attached hydrogens (tertiary/aromatic N) is 1. The van der Waals surface area contributed by atoms with Gasteiger partial charge in [0.1, 0.15) is 0 Å². The number of hydrogen-bond acceptors (Lipinski definition) is 4. The molecule has 5 heteroatoms. The Morgan fingerprint density at radius 3 is 2.80 bits per heavy atom. The minimum Gasteiger partial charge on any atom is -0.383 e. The Bertz CT molecular complexity index is 433. The van der Waals surface area contributed by atoms with Crippen molar-refractivity contribution in [1.29, 1.82) is 0 Å². The Morgan fingerprint density at radius 2 is 2.20 bits per heavy atom. The molecule has 5 nitrogen and oxygen atoms in total. The van der Waals surface area contributed by atoms with E-state index in [1.165, 1.54) is 5.56 Å². The van der Waals surface area contributed by atoms with E-state index < -0.39 is 0 Å². The van der Waals surface area contributed by atoms with Gasteiger partial charge in [-0.1, -0.05) is 12.1 Å². The molecule has 0 aromatic heterocycles. The molecule has 1 aliphatic rings. The summed E-state index contributed by atoms with van der Waals surface area (Å²) in [6.45, 7) is 4.05. The molecule has 2 rings (SSSR count). The van der Waals surface area contributed by atoms with Gasteiger partial charge in [0.05, 0.1) is 12.5 Å². The van der Waals surface area contributed by atoms with Crippen molar-refractivity contribution in [3.63, 3.8) is 0 Å². The number of amides is 1. The molecule has 1 unspecified atom stereocenters. The van der Waals surface area contributed by atoms with Crippen LogP contribution in [0.2, 0.25) is 0 Å². The van der Waals surface area contributed by atoms with Crippen molar-refractivity contribution in [1.82, 2.24) is 5.32 Å². The third-order valence-electron chi connectivity index (χ3n) is 3.70. The first kappa shape index (κ1) is 14.8. The van der Waals surface area contributed by atoms with Crippen LogP contribution in [0.3, 0.4) is 0 Å². The highest BCUT2D eigenvalue weighted by molar-refractivity contribution is 5.78. The van der Waals surface area contributed by atoms with Crippen molar-refractivity contribution < 1.29 is 9.53 Å². The van der Waals surface area contributed by atoms with E-state index in [-0.39, 0.29) is 11.8 Å². The number of hydrogen-bond donors (Lipinski definition) is 2. The van der Waals surface area contributed by atoms with Gasteiger partial charge < -0.3 is 20.7 Å². The van der Waals surface area contributed by atoms with Crippen LogP contribution in [0.4, 0.5) is 5.69 Å². The maximum Gasteiger partial charge on any atom is 0.222 e. The van der Waals surface area contributed by atoms with Gasteiger partial charge in [0.2, 0.25) is 5.91 Å². The molecule has 0 saturated carbocycles. The smallest absolute Gasteiger partial charge is 0.222 e. The summed E-state index contributed by atoms with van der Waals surface area (Å²) >= 11 is 0. The van der Waals surface area contributed by atoms with Crippen LogP contribution in [-0.4, -0.2) is 39.3 Å². The molecule has 1 amide bonds. The zero-order valence-corrected chi connectivity index (χ0v) is 12.0. The molecule has 1 fully saturated rings. The van der Waals surface area contributed by atoms with E-state index in [2.05, 4.69) is 34.5 Å². The van der Waals surface area contributed by atoms with E-state index in [0.717, 1.165) is 44.9 Å². The number of methoxy groups -OCH3 is 1. The zero-order valence-electron chi connectivity index (χ0n) is 12.0. The number of carbonyl (C=O) groups excluding carboxylic acids is 1. The van der Waals surface area contributed by atoms with E-state index >= 15 is 0 Å². The molecule has 1 saturated heterocycles. The van der Waals surface area contributed by atoms with Gasteiger partial charge in [-0.2, -0.15) is 0 Å². The lowest BCUT2D eigenvalue weighted by atomic mass is 10.1. The maximum atomic E-state index is 11.2. The Balaban J connectivity index is 1.84. The maximum absolute atomic E-state index is 11.2. The topological polar surface area (TPSA) is 67.6 Å². The van der Waals surface area contributed by atoms with Gasteiger partial charge in [-0.25, -0.2) is 0 Å². The van der Waals surface area contributed by atoms with Crippen LogP contribution < -0.4 is 16.0 Å². The minimum absolute atomic E-state index is 0.00890. The first-order valence-electron chi connectivity index (χ1n) is 7.03. The summed E-state index contributed by atoms with van der Waals surface area (Å²) in [4.78, 5) is 13.4. The second-order valence-electron chi connectivity index (χ2n) is 5.17. The van der Waals surface area contributed by atoms with E-state index in [9.17, 15) is 4.79 Å². The quantitative estimate of drug-likeness (QED) is 0.721. The normalized spacial score (nSPS) is 18.4. The van der Waals surface area contributed by atoms with Gasteiger partial charge in [0.15, 0.2) is 0 Å². The summed E-state index contributed by atoms with van der Waals surface area (Å²) in [5.74, 6) is -0.197. The number of nitrogens with two attached hydrogens (primary N) is 1. The van der Waals surface area contributed by atoms with Gasteiger partial charge in [0.25, 0.3) is 0 Å². The van der Waals surface area contributed by atoms with Crippen LogP contribution in [0.25, 0.3) is 0 Å². The highest BCUT2D eigenvalue weighted by Gasteiger charge is 2.26. The molecular formula is C15H23N3O2. The van der Waals surface area contributed by atoms with Gasteiger partial charge in [0, 0.05) is 39.0 Å². The Hall–Kier alpha value is -1.59. The van der Waals surface area contributed by atoms with Crippen molar-refractivity contribution >= 4 is 11.6 Å². The van der Waals surface area contributed by atoms with Gasteiger partial charge in [-0.3, -0.25) is 4.79 Å². The molecule has 20 heavy (non-hydrogen) atoms. The molecule has 1 aromatic rings. The lowest BCUT2D eigenvalue weighted by molar-refractivity contribution is -0.121. The third kappa shape index (κ3) is 3.95. The molecule has 0 bridgehead atoms. The fraction of sp³-hybridized carbons (Fsp3) is 0.533. The molecule has 0 radical (unpaired) electrons. The summed E-state index contributed by atoms with van der Waals surface area (Å²) in [6, 6.07) is 8.45. The summed E-state index contributed by atoms with van der Waals surface area (Å²) in [5, 5.41) is 3.31. The number of primary amides is 1. The van der Waals surface area contributed by atoms with Crippen molar-refractivity contribution in [3.8, 4) is 0 Å². The Labute approximate surface area is 120 Å². The fourth-order valence-corrected chi connectivity index (χ4v) is 2.46. The second kappa shape index (κ2) is 7.26. The van der Waals surface area contributed by atoms with Crippen molar-refractivity contribution in [3.05, 3.63) is 29.8 Å². The first-order valence-corrected chi connectivity index (χ1v) is 7.03. The highest BCUT2D eigenvalue weighted by Crippen LogP contribution is 2.23. The lowest BCUT2D eigenvalue weighted by Crippen LogP contribution is -2.27. The summed E-state index contributed by atoms with van der Waals surface area (Å²) in [6.07, 6.45) is 0.857. The predicted octanol–water partition coefficient (Wildman–Crippen LogP) is 0.734. The van der Waals surface area contributed by atoms with Gasteiger partial charge >= 0.3 is 0 Å². The highest BCUT2D eigenvalue weighted by atomic mass is 16.5. The molecule has 0 spiro atoms. The molecule has 1 aromatic carbocycles. The van der Waals surface area contributed by atoms with Crippen molar-refractivity contribution in [2.24, 2.45) is 11.7 Å². The number of nitrogens with one attached hydrogen (secondary N) is 1. The van der Waals surface area contributed by atoms with E-state index in [4.69, 9.17) is 10.5 Å². The third-order valence-corrected chi connectivity index (χ3v) is 3.70. The predicted molar refractivity (Wildman–Crippen MR) is 79.5 cm³/mol. The lowest BCUT2D eigenvalue weighted by Gasteiger charge is -2.18. The summed E-state index contributed by atoms with van der Waals surface area (Å²) < 4.78 is 4.99. The van der Waals surface area contributed by atoms with Gasteiger partial charge in [-0.05, 0) is 24.1 Å². The van der Waals surface area contributed by atoms with E-state index in [1.54, 1.807) is 7.11 Å². The minimum atomic E-state index is -0.188. The number of carbonyl (C=O) groups is 1. The first-order chi connectivity index (χ1) is 9.70. The van der Waals surface area contributed by atoms with E-state index in [0.29, 0.717) is 0 Å². The molecule has 1 atom stereocenters. The summed E-state index contributed by atoms with van der Waals surface area (Å²) in [7, 11) is 1.70. The zero-order chi connectivity index (χ0) is 14.4. The van der Waals surface area contributed by atoms with Crippen molar-refractivity contribution in [2.45, 2.75) is 13.0 Å². The number of benzene rings is 1. The summed E-state index contributed by atoms with van der Waals surface area (Å²) in [5.41, 5.74) is 7.76. The van der Waals surface area contributed by atoms with E-state index in [1.807, 2.05) is 0 Å². The van der Waals surface area contributed by atoms with Crippen LogP contribution >= 0.6 is 0 Å². The average Bonchev–Trinajstić information content (AvgIpc) is 2.94. The average molecular weight is 277 g/mol. The number of rotatable bonds is 7. The largest absolute Gasteiger partial charge is 0.383 e. The molecular weight excluding hydrogens is 254 g/mol. The van der Waals surface area contributed by atoms with Crippen LogP contribution in [0.1, 0.15) is 12.0 Å². The SMILES string of the molecule is COCCNCc1ccc(N2CCC(C(N)=O)C2)cc1.